The van der Waals surface area contributed by atoms with Gasteiger partial charge in [-0.3, -0.25) is 10.1 Å². The minimum Gasteiger partial charge on any atom is -0.372 e. The lowest BCUT2D eigenvalue weighted by Gasteiger charge is -2.28. The molecule has 1 heterocycles. The summed E-state index contributed by atoms with van der Waals surface area (Å²) in [6.07, 6.45) is 3.75. The highest BCUT2D eigenvalue weighted by molar-refractivity contribution is 7.80. The summed E-state index contributed by atoms with van der Waals surface area (Å²) in [6, 6.07) is 13.7. The molecule has 0 saturated carbocycles. The molecule has 4 nitrogen and oxygen atoms in total. The van der Waals surface area contributed by atoms with Crippen molar-refractivity contribution >= 4 is 34.6 Å². The summed E-state index contributed by atoms with van der Waals surface area (Å²) in [5, 5.41) is 5.58. The van der Waals surface area contributed by atoms with Gasteiger partial charge in [0, 0.05) is 24.5 Å². The zero-order chi connectivity index (χ0) is 17.6. The third-order valence-electron chi connectivity index (χ3n) is 4.19. The number of amides is 1. The van der Waals surface area contributed by atoms with Crippen LogP contribution in [0.5, 0.6) is 0 Å². The van der Waals surface area contributed by atoms with E-state index in [9.17, 15) is 9.18 Å². The van der Waals surface area contributed by atoms with E-state index < -0.39 is 11.7 Å². The molecule has 3 rings (SSSR count). The average Bonchev–Trinajstić information content (AvgIpc) is 2.63. The molecule has 0 spiro atoms. The van der Waals surface area contributed by atoms with Crippen LogP contribution in [0.1, 0.15) is 29.6 Å². The van der Waals surface area contributed by atoms with Gasteiger partial charge < -0.3 is 10.2 Å². The van der Waals surface area contributed by atoms with Gasteiger partial charge in [-0.1, -0.05) is 12.1 Å². The second-order valence-electron chi connectivity index (χ2n) is 5.98. The van der Waals surface area contributed by atoms with Crippen molar-refractivity contribution in [3.8, 4) is 0 Å². The summed E-state index contributed by atoms with van der Waals surface area (Å²) in [4.78, 5) is 14.4. The molecule has 1 aliphatic rings. The number of piperidine rings is 1. The maximum Gasteiger partial charge on any atom is 0.260 e. The summed E-state index contributed by atoms with van der Waals surface area (Å²) in [5.74, 6) is -1.14. The van der Waals surface area contributed by atoms with E-state index in [0.29, 0.717) is 0 Å². The lowest BCUT2D eigenvalue weighted by molar-refractivity contribution is 0.0974. The Bertz CT molecular complexity index is 758. The smallest absolute Gasteiger partial charge is 0.260 e. The quantitative estimate of drug-likeness (QED) is 0.817. The highest BCUT2D eigenvalue weighted by atomic mass is 32.1. The van der Waals surface area contributed by atoms with Crippen LogP contribution < -0.4 is 15.5 Å². The van der Waals surface area contributed by atoms with E-state index in [1.54, 1.807) is 6.07 Å². The van der Waals surface area contributed by atoms with Crippen LogP contribution in [0, 0.1) is 5.82 Å². The fraction of sp³-hybridized carbons (Fsp3) is 0.263. The topological polar surface area (TPSA) is 44.4 Å². The van der Waals surface area contributed by atoms with Gasteiger partial charge in [-0.05, 0) is 67.9 Å². The van der Waals surface area contributed by atoms with Crippen molar-refractivity contribution in [3.05, 3.63) is 59.9 Å². The zero-order valence-corrected chi connectivity index (χ0v) is 14.6. The molecule has 1 saturated heterocycles. The number of nitrogens with zero attached hydrogens (tertiary/aromatic N) is 1. The first kappa shape index (κ1) is 17.4. The first-order valence-corrected chi connectivity index (χ1v) is 8.76. The highest BCUT2D eigenvalue weighted by Gasteiger charge is 2.13. The number of hydrogen-bond acceptors (Lipinski definition) is 3. The predicted molar refractivity (Wildman–Crippen MR) is 103 cm³/mol. The van der Waals surface area contributed by atoms with E-state index in [4.69, 9.17) is 12.2 Å². The second-order valence-corrected chi connectivity index (χ2v) is 6.39. The van der Waals surface area contributed by atoms with Gasteiger partial charge in [-0.2, -0.15) is 0 Å². The number of thiocarbonyl (C=S) groups is 1. The van der Waals surface area contributed by atoms with Gasteiger partial charge in [0.05, 0.1) is 5.56 Å². The van der Waals surface area contributed by atoms with Crippen molar-refractivity contribution in [3.63, 3.8) is 0 Å². The van der Waals surface area contributed by atoms with E-state index in [1.807, 2.05) is 24.3 Å². The third kappa shape index (κ3) is 4.54. The normalized spacial score (nSPS) is 14.0. The van der Waals surface area contributed by atoms with Crippen molar-refractivity contribution in [1.82, 2.24) is 5.32 Å². The molecule has 130 valence electrons. The van der Waals surface area contributed by atoms with Crippen LogP contribution in [0.3, 0.4) is 0 Å². The van der Waals surface area contributed by atoms with Crippen LogP contribution in [0.25, 0.3) is 0 Å². The number of anilines is 2. The minimum absolute atomic E-state index is 0.0351. The molecule has 1 fully saturated rings. The van der Waals surface area contributed by atoms with Crippen LogP contribution >= 0.6 is 12.2 Å². The van der Waals surface area contributed by atoms with Crippen molar-refractivity contribution in [2.24, 2.45) is 0 Å². The largest absolute Gasteiger partial charge is 0.372 e. The molecule has 0 unspecified atom stereocenters. The molecule has 0 aliphatic carbocycles. The summed E-state index contributed by atoms with van der Waals surface area (Å²) >= 11 is 5.14. The Labute approximate surface area is 152 Å². The van der Waals surface area contributed by atoms with Crippen molar-refractivity contribution in [2.75, 3.05) is 23.3 Å². The zero-order valence-electron chi connectivity index (χ0n) is 13.8. The standard InChI is InChI=1S/C19H20FN3OS/c20-17-7-3-2-6-16(17)18(24)22-19(25)21-14-8-10-15(11-9-14)23-12-4-1-5-13-23/h2-3,6-11H,1,4-5,12-13H2,(H2,21,22,24,25). The third-order valence-corrected chi connectivity index (χ3v) is 4.40. The molecule has 0 atom stereocenters. The Kier molecular flexibility index (Phi) is 5.60. The van der Waals surface area contributed by atoms with E-state index in [-0.39, 0.29) is 10.7 Å². The van der Waals surface area contributed by atoms with Crippen molar-refractivity contribution in [2.45, 2.75) is 19.3 Å². The molecule has 6 heteroatoms. The first-order valence-electron chi connectivity index (χ1n) is 8.35. The van der Waals surface area contributed by atoms with Crippen LogP contribution in [0.4, 0.5) is 15.8 Å². The van der Waals surface area contributed by atoms with E-state index >= 15 is 0 Å². The SMILES string of the molecule is O=C(NC(=S)Nc1ccc(N2CCCCC2)cc1)c1ccccc1F. The molecule has 25 heavy (non-hydrogen) atoms. The maximum atomic E-state index is 13.6. The van der Waals surface area contributed by atoms with Gasteiger partial charge in [0.2, 0.25) is 0 Å². The summed E-state index contributed by atoms with van der Waals surface area (Å²) in [5.41, 5.74) is 1.93. The maximum absolute atomic E-state index is 13.6. The van der Waals surface area contributed by atoms with Gasteiger partial charge in [0.25, 0.3) is 5.91 Å². The molecule has 0 radical (unpaired) electrons. The fourth-order valence-corrected chi connectivity index (χ4v) is 3.10. The van der Waals surface area contributed by atoms with E-state index in [2.05, 4.69) is 15.5 Å². The minimum atomic E-state index is -0.575. The Balaban J connectivity index is 1.57. The Morgan fingerprint density at radius 1 is 1.00 bits per heavy atom. The summed E-state index contributed by atoms with van der Waals surface area (Å²) < 4.78 is 13.6. The molecule has 0 bridgehead atoms. The Hall–Kier alpha value is -2.47. The van der Waals surface area contributed by atoms with E-state index in [1.165, 1.54) is 43.1 Å². The van der Waals surface area contributed by atoms with Gasteiger partial charge in [-0.25, -0.2) is 4.39 Å². The number of hydrogen-bond donors (Lipinski definition) is 2. The van der Waals surface area contributed by atoms with Gasteiger partial charge in [-0.15, -0.1) is 0 Å². The fourth-order valence-electron chi connectivity index (χ4n) is 2.89. The van der Waals surface area contributed by atoms with Crippen LogP contribution in [-0.2, 0) is 0 Å². The average molecular weight is 357 g/mol. The molecule has 2 aromatic rings. The summed E-state index contributed by atoms with van der Waals surface area (Å²) in [7, 11) is 0. The number of nitrogens with one attached hydrogen (secondary N) is 2. The number of halogens is 1. The molecule has 0 aromatic heterocycles. The van der Waals surface area contributed by atoms with Gasteiger partial charge >= 0.3 is 0 Å². The van der Waals surface area contributed by atoms with Crippen LogP contribution in [0.2, 0.25) is 0 Å². The molecular formula is C19H20FN3OS. The molecule has 1 amide bonds. The monoisotopic (exact) mass is 357 g/mol. The molecule has 2 N–H and O–H groups in total. The van der Waals surface area contributed by atoms with Crippen molar-refractivity contribution in [1.29, 1.82) is 0 Å². The lowest BCUT2D eigenvalue weighted by atomic mass is 10.1. The van der Waals surface area contributed by atoms with Crippen molar-refractivity contribution < 1.29 is 9.18 Å². The van der Waals surface area contributed by atoms with Crippen LogP contribution in [-0.4, -0.2) is 24.1 Å². The number of rotatable bonds is 3. The Morgan fingerprint density at radius 3 is 2.36 bits per heavy atom. The lowest BCUT2D eigenvalue weighted by Crippen LogP contribution is -2.34. The summed E-state index contributed by atoms with van der Waals surface area (Å²) in [6.45, 7) is 2.17. The number of carbonyl (C=O) groups is 1. The Morgan fingerprint density at radius 2 is 1.68 bits per heavy atom. The first-order chi connectivity index (χ1) is 12.1. The highest BCUT2D eigenvalue weighted by Crippen LogP contribution is 2.21. The second kappa shape index (κ2) is 8.07. The predicted octanol–water partition coefficient (Wildman–Crippen LogP) is 3.94. The van der Waals surface area contributed by atoms with Gasteiger partial charge in [0.15, 0.2) is 5.11 Å². The number of carbonyl (C=O) groups excluding carboxylic acids is 1. The molecule has 2 aromatic carbocycles. The van der Waals surface area contributed by atoms with Gasteiger partial charge in [0.1, 0.15) is 5.82 Å². The number of benzene rings is 2. The van der Waals surface area contributed by atoms with Crippen LogP contribution in [0.15, 0.2) is 48.5 Å². The molecule has 1 aliphatic heterocycles. The van der Waals surface area contributed by atoms with E-state index in [0.717, 1.165) is 18.8 Å². The molecular weight excluding hydrogens is 337 g/mol.